The second-order valence-corrected chi connectivity index (χ2v) is 5.29. The first-order chi connectivity index (χ1) is 9.13. The highest BCUT2D eigenvalue weighted by molar-refractivity contribution is 5.93. The summed E-state index contributed by atoms with van der Waals surface area (Å²) in [5.74, 6) is -0.107. The van der Waals surface area contributed by atoms with Crippen LogP contribution >= 0.6 is 0 Å². The van der Waals surface area contributed by atoms with E-state index < -0.39 is 0 Å². The fourth-order valence-electron chi connectivity index (χ4n) is 2.80. The van der Waals surface area contributed by atoms with E-state index in [1.54, 1.807) is 19.1 Å². The summed E-state index contributed by atoms with van der Waals surface area (Å²) in [5.41, 5.74) is 6.78. The average Bonchev–Trinajstić information content (AvgIpc) is 2.43. The molecular formula is C15H21FN2O. The van der Waals surface area contributed by atoms with Gasteiger partial charge in [-0.05, 0) is 44.4 Å². The third-order valence-electron chi connectivity index (χ3n) is 4.07. The van der Waals surface area contributed by atoms with Crippen LogP contribution in [0.15, 0.2) is 18.2 Å². The summed E-state index contributed by atoms with van der Waals surface area (Å²) in [4.78, 5) is 12.3. The Hall–Kier alpha value is -1.42. The van der Waals surface area contributed by atoms with E-state index in [1.165, 1.54) is 6.07 Å². The van der Waals surface area contributed by atoms with E-state index in [1.807, 2.05) is 0 Å². The van der Waals surface area contributed by atoms with Gasteiger partial charge in [-0.2, -0.15) is 0 Å². The van der Waals surface area contributed by atoms with E-state index in [-0.39, 0.29) is 23.6 Å². The molecular weight excluding hydrogens is 243 g/mol. The van der Waals surface area contributed by atoms with Crippen LogP contribution in [0.4, 0.5) is 10.1 Å². The molecule has 0 spiro atoms. The summed E-state index contributed by atoms with van der Waals surface area (Å²) in [6.45, 7) is 2.21. The molecule has 1 aliphatic carbocycles. The van der Waals surface area contributed by atoms with Gasteiger partial charge in [0.1, 0.15) is 5.82 Å². The van der Waals surface area contributed by atoms with Crippen molar-refractivity contribution < 1.29 is 9.18 Å². The van der Waals surface area contributed by atoms with Crippen LogP contribution in [-0.4, -0.2) is 12.5 Å². The molecule has 0 aliphatic heterocycles. The second-order valence-electron chi connectivity index (χ2n) is 5.29. The van der Waals surface area contributed by atoms with E-state index in [4.69, 9.17) is 5.73 Å². The number of hydrogen-bond donors (Lipinski definition) is 2. The largest absolute Gasteiger partial charge is 0.330 e. The van der Waals surface area contributed by atoms with Crippen molar-refractivity contribution in [1.29, 1.82) is 0 Å². The molecule has 2 rings (SSSR count). The van der Waals surface area contributed by atoms with E-state index in [0.29, 0.717) is 17.8 Å². The molecule has 1 fully saturated rings. The highest BCUT2D eigenvalue weighted by atomic mass is 19.1. The van der Waals surface area contributed by atoms with Crippen LogP contribution in [0.3, 0.4) is 0 Å². The van der Waals surface area contributed by atoms with Crippen molar-refractivity contribution in [2.24, 2.45) is 17.6 Å². The van der Waals surface area contributed by atoms with Crippen LogP contribution in [-0.2, 0) is 4.79 Å². The molecule has 2 atom stereocenters. The molecule has 1 aromatic carbocycles. The Balaban J connectivity index is 2.09. The van der Waals surface area contributed by atoms with Crippen molar-refractivity contribution in [2.75, 3.05) is 11.9 Å². The van der Waals surface area contributed by atoms with Crippen molar-refractivity contribution >= 4 is 11.6 Å². The van der Waals surface area contributed by atoms with Gasteiger partial charge in [0.15, 0.2) is 0 Å². The van der Waals surface area contributed by atoms with E-state index >= 15 is 0 Å². The molecule has 3 nitrogen and oxygen atoms in total. The third kappa shape index (κ3) is 3.13. The highest BCUT2D eigenvalue weighted by Gasteiger charge is 2.30. The number of rotatable bonds is 3. The first-order valence-electron chi connectivity index (χ1n) is 6.89. The van der Waals surface area contributed by atoms with Gasteiger partial charge in [0, 0.05) is 17.2 Å². The molecule has 0 radical (unpaired) electrons. The zero-order valence-electron chi connectivity index (χ0n) is 11.3. The zero-order valence-corrected chi connectivity index (χ0v) is 11.3. The van der Waals surface area contributed by atoms with Crippen LogP contribution in [0.1, 0.15) is 31.2 Å². The smallest absolute Gasteiger partial charge is 0.227 e. The van der Waals surface area contributed by atoms with Crippen LogP contribution in [0.2, 0.25) is 0 Å². The van der Waals surface area contributed by atoms with Crippen molar-refractivity contribution in [1.82, 2.24) is 0 Å². The van der Waals surface area contributed by atoms with E-state index in [9.17, 15) is 9.18 Å². The van der Waals surface area contributed by atoms with Crippen LogP contribution < -0.4 is 11.1 Å². The minimum atomic E-state index is -0.295. The molecule has 4 heteroatoms. The molecule has 1 saturated carbocycles. The predicted octanol–water partition coefficient (Wildman–Crippen LogP) is 2.84. The molecule has 1 aliphatic rings. The molecule has 1 amide bonds. The van der Waals surface area contributed by atoms with Crippen molar-refractivity contribution in [3.05, 3.63) is 29.6 Å². The predicted molar refractivity (Wildman–Crippen MR) is 74.3 cm³/mol. The number of nitrogens with one attached hydrogen (secondary N) is 1. The summed E-state index contributed by atoms with van der Waals surface area (Å²) < 4.78 is 13.4. The lowest BCUT2D eigenvalue weighted by molar-refractivity contribution is -0.122. The summed E-state index contributed by atoms with van der Waals surface area (Å²) in [6.07, 6.45) is 4.10. The maximum absolute atomic E-state index is 13.4. The summed E-state index contributed by atoms with van der Waals surface area (Å²) in [6, 6.07) is 4.74. The van der Waals surface area contributed by atoms with Crippen molar-refractivity contribution in [3.8, 4) is 0 Å². The SMILES string of the molecule is Cc1c(F)cccc1NC(=O)C1CCCCC1CN. The summed E-state index contributed by atoms with van der Waals surface area (Å²) >= 11 is 0. The molecule has 0 bridgehead atoms. The lowest BCUT2D eigenvalue weighted by Gasteiger charge is -2.29. The fourth-order valence-corrected chi connectivity index (χ4v) is 2.80. The Morgan fingerprint density at radius 1 is 1.42 bits per heavy atom. The number of carbonyl (C=O) groups is 1. The molecule has 0 aromatic heterocycles. The van der Waals surface area contributed by atoms with Gasteiger partial charge in [-0.3, -0.25) is 4.79 Å². The fraction of sp³-hybridized carbons (Fsp3) is 0.533. The minimum absolute atomic E-state index is 0.0242. The standard InChI is InChI=1S/C15H21FN2O/c1-10-13(16)7-4-8-14(10)18-15(19)12-6-3-2-5-11(12)9-17/h4,7-8,11-12H,2-3,5-6,9,17H2,1H3,(H,18,19). The number of amides is 1. The molecule has 0 saturated heterocycles. The number of anilines is 1. The van der Waals surface area contributed by atoms with Gasteiger partial charge >= 0.3 is 0 Å². The lowest BCUT2D eigenvalue weighted by Crippen LogP contribution is -2.35. The minimum Gasteiger partial charge on any atom is -0.330 e. The van der Waals surface area contributed by atoms with E-state index in [0.717, 1.165) is 25.7 Å². The van der Waals surface area contributed by atoms with Gasteiger partial charge in [-0.1, -0.05) is 18.9 Å². The highest BCUT2D eigenvalue weighted by Crippen LogP contribution is 2.30. The van der Waals surface area contributed by atoms with Gasteiger partial charge in [0.25, 0.3) is 0 Å². The van der Waals surface area contributed by atoms with Crippen LogP contribution in [0.25, 0.3) is 0 Å². The second kappa shape index (κ2) is 6.15. The molecule has 2 unspecified atom stereocenters. The Morgan fingerprint density at radius 2 is 2.16 bits per heavy atom. The van der Waals surface area contributed by atoms with Crippen LogP contribution in [0.5, 0.6) is 0 Å². The Kier molecular flexibility index (Phi) is 4.53. The van der Waals surface area contributed by atoms with Crippen molar-refractivity contribution in [3.63, 3.8) is 0 Å². The van der Waals surface area contributed by atoms with E-state index in [2.05, 4.69) is 5.32 Å². The molecule has 3 N–H and O–H groups in total. The summed E-state index contributed by atoms with van der Waals surface area (Å²) in [5, 5.41) is 2.85. The first-order valence-corrected chi connectivity index (χ1v) is 6.89. The lowest BCUT2D eigenvalue weighted by atomic mass is 9.78. The van der Waals surface area contributed by atoms with Crippen LogP contribution in [0, 0.1) is 24.6 Å². The third-order valence-corrected chi connectivity index (χ3v) is 4.07. The molecule has 1 aromatic rings. The monoisotopic (exact) mass is 264 g/mol. The maximum atomic E-state index is 13.4. The van der Waals surface area contributed by atoms with Gasteiger partial charge in [0.2, 0.25) is 5.91 Å². The topological polar surface area (TPSA) is 55.1 Å². The number of carbonyl (C=O) groups excluding carboxylic acids is 1. The normalized spacial score (nSPS) is 23.1. The Labute approximate surface area is 113 Å². The Bertz CT molecular complexity index is 461. The number of halogens is 1. The molecule has 19 heavy (non-hydrogen) atoms. The summed E-state index contributed by atoms with van der Waals surface area (Å²) in [7, 11) is 0. The average molecular weight is 264 g/mol. The van der Waals surface area contributed by atoms with Gasteiger partial charge in [-0.25, -0.2) is 4.39 Å². The first kappa shape index (κ1) is 14.0. The number of nitrogens with two attached hydrogens (primary N) is 1. The zero-order chi connectivity index (χ0) is 13.8. The number of hydrogen-bond acceptors (Lipinski definition) is 2. The molecule has 0 heterocycles. The van der Waals surface area contributed by atoms with Gasteiger partial charge in [-0.15, -0.1) is 0 Å². The quantitative estimate of drug-likeness (QED) is 0.882. The van der Waals surface area contributed by atoms with Gasteiger partial charge < -0.3 is 11.1 Å². The maximum Gasteiger partial charge on any atom is 0.227 e. The van der Waals surface area contributed by atoms with Crippen molar-refractivity contribution in [2.45, 2.75) is 32.6 Å². The Morgan fingerprint density at radius 3 is 2.89 bits per heavy atom. The number of benzene rings is 1. The molecule has 104 valence electrons. The van der Waals surface area contributed by atoms with Gasteiger partial charge in [0.05, 0.1) is 0 Å².